The summed E-state index contributed by atoms with van der Waals surface area (Å²) >= 11 is 0. The highest BCUT2D eigenvalue weighted by Gasteiger charge is 2.38. The van der Waals surface area contributed by atoms with E-state index in [1.165, 1.54) is 64.5 Å². The van der Waals surface area contributed by atoms with Gasteiger partial charge in [-0.25, -0.2) is 0 Å². The smallest absolute Gasteiger partial charge is 0.0156 e. The quantitative estimate of drug-likeness (QED) is 0.591. The molecule has 0 radical (unpaired) electrons. The summed E-state index contributed by atoms with van der Waals surface area (Å²) in [5, 5.41) is 0. The summed E-state index contributed by atoms with van der Waals surface area (Å²) in [6, 6.07) is 1.58. The molecule has 0 aromatic carbocycles. The molecule has 0 amide bonds. The molecule has 2 aliphatic rings. The first-order valence-corrected chi connectivity index (χ1v) is 10.9. The number of piperidine rings is 1. The van der Waals surface area contributed by atoms with Crippen LogP contribution in [0, 0.1) is 5.41 Å². The molecule has 2 heterocycles. The molecule has 0 bridgehead atoms. The highest BCUT2D eigenvalue weighted by atomic mass is 15.2. The van der Waals surface area contributed by atoms with Crippen molar-refractivity contribution in [2.75, 3.05) is 13.1 Å². The van der Waals surface area contributed by atoms with Gasteiger partial charge in [-0.15, -0.1) is 0 Å². The van der Waals surface area contributed by atoms with Crippen molar-refractivity contribution in [3.8, 4) is 0 Å². The zero-order valence-corrected chi connectivity index (χ0v) is 18.6. The Kier molecular flexibility index (Phi) is 6.69. The van der Waals surface area contributed by atoms with Crippen molar-refractivity contribution in [2.45, 2.75) is 130 Å². The van der Waals surface area contributed by atoms with Crippen LogP contribution in [0.4, 0.5) is 0 Å². The van der Waals surface area contributed by atoms with Gasteiger partial charge in [-0.2, -0.15) is 0 Å². The number of likely N-dealkylation sites (tertiary alicyclic amines) is 2. The van der Waals surface area contributed by atoms with Crippen molar-refractivity contribution in [2.24, 2.45) is 5.41 Å². The maximum atomic E-state index is 2.89. The first-order valence-electron chi connectivity index (χ1n) is 10.9. The Hall–Kier alpha value is -0.0800. The first-order chi connectivity index (χ1) is 11.4. The largest absolute Gasteiger partial charge is 0.296 e. The standard InChI is InChI=1S/C23H46N2/c1-21(2,3)18-20-12-9-10-16-25(20)23(7,8)15-14-19-13-11-17-24(19)22(4,5)6/h19-20H,9-18H2,1-8H3/t19-,20?/m0/s1. The monoisotopic (exact) mass is 350 g/mol. The summed E-state index contributed by atoms with van der Waals surface area (Å²) in [6.45, 7) is 22.0. The SMILES string of the molecule is CC(C)(C)CC1CCCCN1C(C)(C)CC[C@@H]1CCCN1C(C)(C)C. The molecule has 2 rings (SSSR count). The van der Waals surface area contributed by atoms with Gasteiger partial charge in [-0.1, -0.05) is 27.2 Å². The molecular weight excluding hydrogens is 304 g/mol. The van der Waals surface area contributed by atoms with Gasteiger partial charge in [-0.3, -0.25) is 9.80 Å². The normalized spacial score (nSPS) is 27.8. The molecule has 25 heavy (non-hydrogen) atoms. The van der Waals surface area contributed by atoms with Crippen molar-refractivity contribution >= 4 is 0 Å². The Balaban J connectivity index is 1.99. The molecule has 1 unspecified atom stereocenters. The fourth-order valence-corrected chi connectivity index (χ4v) is 5.40. The molecule has 2 aliphatic heterocycles. The second-order valence-corrected chi connectivity index (χ2v) is 11.6. The highest BCUT2D eigenvalue weighted by molar-refractivity contribution is 4.94. The van der Waals surface area contributed by atoms with E-state index < -0.39 is 0 Å². The van der Waals surface area contributed by atoms with Crippen molar-refractivity contribution in [3.63, 3.8) is 0 Å². The van der Waals surface area contributed by atoms with E-state index in [9.17, 15) is 0 Å². The lowest BCUT2D eigenvalue weighted by molar-refractivity contribution is 0.00831. The zero-order chi connectivity index (χ0) is 18.9. The van der Waals surface area contributed by atoms with Crippen LogP contribution in [0.1, 0.15) is 107 Å². The Labute approximate surface area is 158 Å². The van der Waals surface area contributed by atoms with Gasteiger partial charge >= 0.3 is 0 Å². The molecule has 2 atom stereocenters. The highest BCUT2D eigenvalue weighted by Crippen LogP contribution is 2.37. The predicted octanol–water partition coefficient (Wildman–Crippen LogP) is 6.10. The van der Waals surface area contributed by atoms with Crippen LogP contribution in [0.25, 0.3) is 0 Å². The van der Waals surface area contributed by atoms with Crippen molar-refractivity contribution < 1.29 is 0 Å². The van der Waals surface area contributed by atoms with Gasteiger partial charge in [0.15, 0.2) is 0 Å². The van der Waals surface area contributed by atoms with Crippen LogP contribution >= 0.6 is 0 Å². The summed E-state index contributed by atoms with van der Waals surface area (Å²) in [4.78, 5) is 5.66. The lowest BCUT2D eigenvalue weighted by atomic mass is 9.81. The van der Waals surface area contributed by atoms with E-state index in [4.69, 9.17) is 0 Å². The number of nitrogens with zero attached hydrogens (tertiary/aromatic N) is 2. The Morgan fingerprint density at radius 1 is 0.720 bits per heavy atom. The molecule has 0 aromatic heterocycles. The lowest BCUT2D eigenvalue weighted by Crippen LogP contribution is -2.54. The van der Waals surface area contributed by atoms with Gasteiger partial charge in [0.2, 0.25) is 0 Å². The molecule has 0 spiro atoms. The fourth-order valence-electron chi connectivity index (χ4n) is 5.40. The third kappa shape index (κ3) is 5.96. The number of rotatable bonds is 5. The van der Waals surface area contributed by atoms with Crippen molar-refractivity contribution in [1.82, 2.24) is 9.80 Å². The Bertz CT molecular complexity index is 413. The van der Waals surface area contributed by atoms with E-state index in [0.717, 1.165) is 12.1 Å². The van der Waals surface area contributed by atoms with Gasteiger partial charge in [-0.05, 0) is 98.1 Å². The van der Waals surface area contributed by atoms with Crippen molar-refractivity contribution in [1.29, 1.82) is 0 Å². The predicted molar refractivity (Wildman–Crippen MR) is 111 cm³/mol. The second-order valence-electron chi connectivity index (χ2n) is 11.6. The minimum Gasteiger partial charge on any atom is -0.296 e. The molecule has 0 aliphatic carbocycles. The maximum absolute atomic E-state index is 2.89. The minimum absolute atomic E-state index is 0.325. The van der Waals surface area contributed by atoms with E-state index in [1.54, 1.807) is 0 Å². The molecule has 0 aromatic rings. The van der Waals surface area contributed by atoms with Gasteiger partial charge in [0, 0.05) is 23.2 Å². The Morgan fingerprint density at radius 3 is 1.92 bits per heavy atom. The molecule has 0 N–H and O–H groups in total. The van der Waals surface area contributed by atoms with Gasteiger partial charge in [0.1, 0.15) is 0 Å². The molecule has 2 heteroatoms. The van der Waals surface area contributed by atoms with Crippen molar-refractivity contribution in [3.05, 3.63) is 0 Å². The number of hydrogen-bond acceptors (Lipinski definition) is 2. The van der Waals surface area contributed by atoms with Crippen LogP contribution in [-0.2, 0) is 0 Å². The third-order valence-corrected chi connectivity index (χ3v) is 6.58. The molecule has 2 fully saturated rings. The molecule has 2 saturated heterocycles. The van der Waals surface area contributed by atoms with E-state index in [1.807, 2.05) is 0 Å². The van der Waals surface area contributed by atoms with E-state index in [0.29, 0.717) is 16.5 Å². The van der Waals surface area contributed by atoms with Crippen LogP contribution in [0.3, 0.4) is 0 Å². The molecule has 2 nitrogen and oxygen atoms in total. The lowest BCUT2D eigenvalue weighted by Gasteiger charge is -2.49. The van der Waals surface area contributed by atoms with E-state index >= 15 is 0 Å². The molecular formula is C23H46N2. The van der Waals surface area contributed by atoms with E-state index in [2.05, 4.69) is 65.2 Å². The van der Waals surface area contributed by atoms with E-state index in [-0.39, 0.29) is 0 Å². The van der Waals surface area contributed by atoms with Crippen LogP contribution in [0.5, 0.6) is 0 Å². The van der Waals surface area contributed by atoms with Crippen LogP contribution in [0.2, 0.25) is 0 Å². The summed E-state index contributed by atoms with van der Waals surface area (Å²) < 4.78 is 0. The van der Waals surface area contributed by atoms with Crippen LogP contribution in [0.15, 0.2) is 0 Å². The summed E-state index contributed by atoms with van der Waals surface area (Å²) in [7, 11) is 0. The van der Waals surface area contributed by atoms with Gasteiger partial charge in [0.05, 0.1) is 0 Å². The maximum Gasteiger partial charge on any atom is 0.0156 e. The summed E-state index contributed by atoms with van der Waals surface area (Å²) in [6.07, 6.45) is 11.0. The summed E-state index contributed by atoms with van der Waals surface area (Å²) in [5.41, 5.74) is 1.10. The summed E-state index contributed by atoms with van der Waals surface area (Å²) in [5.74, 6) is 0. The zero-order valence-electron chi connectivity index (χ0n) is 18.6. The topological polar surface area (TPSA) is 6.48 Å². The van der Waals surface area contributed by atoms with Gasteiger partial charge in [0.25, 0.3) is 0 Å². The Morgan fingerprint density at radius 2 is 1.32 bits per heavy atom. The molecule has 0 saturated carbocycles. The number of hydrogen-bond donors (Lipinski definition) is 0. The molecule has 148 valence electrons. The van der Waals surface area contributed by atoms with Crippen LogP contribution in [-0.4, -0.2) is 46.1 Å². The average molecular weight is 351 g/mol. The van der Waals surface area contributed by atoms with Crippen LogP contribution < -0.4 is 0 Å². The fraction of sp³-hybridized carbons (Fsp3) is 1.00. The first kappa shape index (κ1) is 21.2. The average Bonchev–Trinajstić information content (AvgIpc) is 2.92. The third-order valence-electron chi connectivity index (χ3n) is 6.58. The van der Waals surface area contributed by atoms with Gasteiger partial charge < -0.3 is 0 Å². The second kappa shape index (κ2) is 7.89. The minimum atomic E-state index is 0.325.